The molecular formula is C17H23NO2S. The molecule has 0 aromatic heterocycles. The van der Waals surface area contributed by atoms with Gasteiger partial charge in [0.2, 0.25) is 0 Å². The van der Waals surface area contributed by atoms with Crippen LogP contribution in [0.5, 0.6) is 0 Å². The van der Waals surface area contributed by atoms with Crippen LogP contribution >= 0.6 is 11.8 Å². The number of nitrogens with zero attached hydrogens (tertiary/aromatic N) is 1. The topological polar surface area (TPSA) is 40.5 Å². The van der Waals surface area contributed by atoms with E-state index in [4.69, 9.17) is 0 Å². The van der Waals surface area contributed by atoms with E-state index < -0.39 is 11.4 Å². The van der Waals surface area contributed by atoms with Crippen molar-refractivity contribution in [3.8, 4) is 0 Å². The Kier molecular flexibility index (Phi) is 4.02. The minimum absolute atomic E-state index is 0.185. The quantitative estimate of drug-likeness (QED) is 0.926. The van der Waals surface area contributed by atoms with Gasteiger partial charge in [0.15, 0.2) is 0 Å². The second kappa shape index (κ2) is 5.65. The van der Waals surface area contributed by atoms with Gasteiger partial charge in [-0.3, -0.25) is 4.79 Å². The highest BCUT2D eigenvalue weighted by atomic mass is 32.2. The van der Waals surface area contributed by atoms with Crippen LogP contribution in [0.2, 0.25) is 0 Å². The lowest BCUT2D eigenvalue weighted by Gasteiger charge is -2.29. The van der Waals surface area contributed by atoms with Crippen molar-refractivity contribution in [2.45, 2.75) is 31.1 Å². The Morgan fingerprint density at radius 2 is 2.24 bits per heavy atom. The standard InChI is InChI=1S/C17H23NO2S/c1-12(2)17(16(19)20)7-8-18(11-17)9-13-10-21-15-6-4-3-5-14(13)15/h3-6,12-13H,7-11H2,1-2H3,(H,19,20). The number of hydrogen-bond acceptors (Lipinski definition) is 3. The van der Waals surface area contributed by atoms with Gasteiger partial charge >= 0.3 is 5.97 Å². The van der Waals surface area contributed by atoms with Crippen molar-refractivity contribution in [2.75, 3.05) is 25.4 Å². The van der Waals surface area contributed by atoms with Crippen LogP contribution in [0.4, 0.5) is 0 Å². The zero-order valence-electron chi connectivity index (χ0n) is 12.7. The maximum atomic E-state index is 11.7. The first-order valence-electron chi connectivity index (χ1n) is 7.70. The second-order valence-corrected chi connectivity index (χ2v) is 7.71. The van der Waals surface area contributed by atoms with E-state index in [1.807, 2.05) is 25.6 Å². The number of benzene rings is 1. The molecule has 0 saturated carbocycles. The fourth-order valence-corrected chi connectivity index (χ4v) is 4.90. The maximum Gasteiger partial charge on any atom is 0.311 e. The molecule has 0 aliphatic carbocycles. The monoisotopic (exact) mass is 305 g/mol. The Hall–Kier alpha value is -1.00. The van der Waals surface area contributed by atoms with Crippen molar-refractivity contribution in [1.29, 1.82) is 0 Å². The van der Waals surface area contributed by atoms with Gasteiger partial charge in [0.1, 0.15) is 0 Å². The van der Waals surface area contributed by atoms with Gasteiger partial charge in [-0.2, -0.15) is 0 Å². The summed E-state index contributed by atoms with van der Waals surface area (Å²) in [5, 5.41) is 9.64. The minimum Gasteiger partial charge on any atom is -0.481 e. The third-order valence-corrected chi connectivity index (χ3v) is 6.44. The lowest BCUT2D eigenvalue weighted by molar-refractivity contribution is -0.151. The number of carboxylic acid groups (broad SMARTS) is 1. The zero-order chi connectivity index (χ0) is 15.0. The van der Waals surface area contributed by atoms with E-state index in [1.54, 1.807) is 0 Å². The van der Waals surface area contributed by atoms with Gasteiger partial charge in [-0.1, -0.05) is 32.0 Å². The van der Waals surface area contributed by atoms with Gasteiger partial charge in [-0.05, 0) is 30.5 Å². The van der Waals surface area contributed by atoms with E-state index in [1.165, 1.54) is 10.5 Å². The predicted molar refractivity (Wildman–Crippen MR) is 85.9 cm³/mol. The lowest BCUT2D eigenvalue weighted by atomic mass is 9.76. The van der Waals surface area contributed by atoms with Gasteiger partial charge in [-0.15, -0.1) is 11.8 Å². The molecule has 21 heavy (non-hydrogen) atoms. The SMILES string of the molecule is CC(C)C1(C(=O)O)CCN(CC2CSc3ccccc32)C1. The van der Waals surface area contributed by atoms with Crippen LogP contribution < -0.4 is 0 Å². The largest absolute Gasteiger partial charge is 0.481 e. The van der Waals surface area contributed by atoms with Gasteiger partial charge in [0.05, 0.1) is 5.41 Å². The first-order valence-corrected chi connectivity index (χ1v) is 8.69. The second-order valence-electron chi connectivity index (χ2n) is 6.65. The predicted octanol–water partition coefficient (Wildman–Crippen LogP) is 3.31. The molecule has 2 unspecified atom stereocenters. The highest BCUT2D eigenvalue weighted by Crippen LogP contribution is 2.42. The van der Waals surface area contributed by atoms with Crippen LogP contribution in [0.3, 0.4) is 0 Å². The number of carbonyl (C=O) groups is 1. The molecule has 3 rings (SSSR count). The van der Waals surface area contributed by atoms with Crippen LogP contribution in [-0.2, 0) is 4.79 Å². The number of likely N-dealkylation sites (tertiary alicyclic amines) is 1. The molecule has 0 radical (unpaired) electrons. The molecule has 1 fully saturated rings. The summed E-state index contributed by atoms with van der Waals surface area (Å²) >= 11 is 1.93. The number of rotatable bonds is 4. The Morgan fingerprint density at radius 1 is 1.48 bits per heavy atom. The molecule has 114 valence electrons. The summed E-state index contributed by atoms with van der Waals surface area (Å²) in [5.74, 6) is 1.23. The van der Waals surface area contributed by atoms with Crippen LogP contribution in [0, 0.1) is 11.3 Å². The third kappa shape index (κ3) is 2.59. The Morgan fingerprint density at radius 3 is 2.90 bits per heavy atom. The molecular weight excluding hydrogens is 282 g/mol. The van der Waals surface area contributed by atoms with E-state index in [9.17, 15) is 9.90 Å². The number of carboxylic acids is 1. The van der Waals surface area contributed by atoms with Crippen molar-refractivity contribution in [3.05, 3.63) is 29.8 Å². The summed E-state index contributed by atoms with van der Waals surface area (Å²) in [4.78, 5) is 15.5. The van der Waals surface area contributed by atoms with Crippen LogP contribution in [0.15, 0.2) is 29.2 Å². The fraction of sp³-hybridized carbons (Fsp3) is 0.588. The molecule has 1 N–H and O–H groups in total. The minimum atomic E-state index is -0.624. The third-order valence-electron chi connectivity index (χ3n) is 5.19. The summed E-state index contributed by atoms with van der Waals surface area (Å²) in [7, 11) is 0. The molecule has 1 saturated heterocycles. The van der Waals surface area contributed by atoms with Gasteiger partial charge < -0.3 is 10.0 Å². The normalized spacial score (nSPS) is 29.0. The number of aliphatic carboxylic acids is 1. The molecule has 1 aromatic carbocycles. The Balaban J connectivity index is 1.70. The summed E-state index contributed by atoms with van der Waals surface area (Å²) in [5.41, 5.74) is 0.894. The Labute approximate surface area is 130 Å². The highest BCUT2D eigenvalue weighted by Gasteiger charge is 2.47. The average molecular weight is 305 g/mol. The smallest absolute Gasteiger partial charge is 0.311 e. The first-order chi connectivity index (χ1) is 10.0. The number of thioether (sulfide) groups is 1. The average Bonchev–Trinajstić information content (AvgIpc) is 3.05. The first kappa shape index (κ1) is 14.9. The highest BCUT2D eigenvalue weighted by molar-refractivity contribution is 7.99. The van der Waals surface area contributed by atoms with Crippen molar-refractivity contribution >= 4 is 17.7 Å². The molecule has 2 heterocycles. The lowest BCUT2D eigenvalue weighted by Crippen LogP contribution is -2.40. The summed E-state index contributed by atoms with van der Waals surface area (Å²) in [6, 6.07) is 8.62. The molecule has 2 atom stereocenters. The van der Waals surface area contributed by atoms with Crippen LogP contribution in [-0.4, -0.2) is 41.4 Å². The van der Waals surface area contributed by atoms with Gasteiger partial charge in [0, 0.05) is 29.7 Å². The van der Waals surface area contributed by atoms with E-state index in [2.05, 4.69) is 29.2 Å². The fourth-order valence-electron chi connectivity index (χ4n) is 3.66. The molecule has 0 amide bonds. The number of fused-ring (bicyclic) bond motifs is 1. The summed E-state index contributed by atoms with van der Waals surface area (Å²) < 4.78 is 0. The van der Waals surface area contributed by atoms with Crippen molar-refractivity contribution in [2.24, 2.45) is 11.3 Å². The van der Waals surface area contributed by atoms with Crippen LogP contribution in [0.1, 0.15) is 31.7 Å². The maximum absolute atomic E-state index is 11.7. The molecule has 2 aliphatic heterocycles. The molecule has 3 nitrogen and oxygen atoms in total. The molecule has 2 aliphatic rings. The van der Waals surface area contributed by atoms with Crippen molar-refractivity contribution in [1.82, 2.24) is 4.90 Å². The van der Waals surface area contributed by atoms with E-state index >= 15 is 0 Å². The van der Waals surface area contributed by atoms with Crippen molar-refractivity contribution < 1.29 is 9.90 Å². The zero-order valence-corrected chi connectivity index (χ0v) is 13.5. The van der Waals surface area contributed by atoms with E-state index in [-0.39, 0.29) is 5.92 Å². The summed E-state index contributed by atoms with van der Waals surface area (Å²) in [6.07, 6.45) is 0.779. The van der Waals surface area contributed by atoms with E-state index in [0.717, 1.165) is 25.3 Å². The molecule has 1 aromatic rings. The Bertz CT molecular complexity index is 545. The van der Waals surface area contributed by atoms with Crippen LogP contribution in [0.25, 0.3) is 0 Å². The molecule has 0 spiro atoms. The molecule has 4 heteroatoms. The van der Waals surface area contributed by atoms with Gasteiger partial charge in [-0.25, -0.2) is 0 Å². The number of hydrogen-bond donors (Lipinski definition) is 1. The summed E-state index contributed by atoms with van der Waals surface area (Å²) in [6.45, 7) is 6.68. The van der Waals surface area contributed by atoms with Crippen molar-refractivity contribution in [3.63, 3.8) is 0 Å². The molecule has 0 bridgehead atoms. The van der Waals surface area contributed by atoms with E-state index in [0.29, 0.717) is 12.5 Å². The van der Waals surface area contributed by atoms with Gasteiger partial charge in [0.25, 0.3) is 0 Å².